The molecule has 330 valence electrons. The minimum atomic E-state index is -3.00. The monoisotopic (exact) mass is 824 g/mol. The lowest BCUT2D eigenvalue weighted by atomic mass is 10.0. The lowest BCUT2D eigenvalue weighted by Crippen LogP contribution is -2.34. The van der Waals surface area contributed by atoms with Gasteiger partial charge in [0, 0.05) is 18.1 Å². The molecule has 6 nitrogen and oxygen atoms in total. The zero-order valence-corrected chi connectivity index (χ0v) is 39.5. The Labute approximate surface area is 354 Å². The maximum Gasteiger partial charge on any atom is 0.619 e. The molecule has 0 saturated heterocycles. The Bertz CT molecular complexity index is 823. The second kappa shape index (κ2) is 46.6. The first-order valence-corrected chi connectivity index (χ1v) is 26.9. The van der Waals surface area contributed by atoms with Gasteiger partial charge in [0.2, 0.25) is 0 Å². The third-order valence-corrected chi connectivity index (χ3v) is 13.4. The number of unbranched alkanes of at least 4 members (excludes halogenated alkanes) is 34. The van der Waals surface area contributed by atoms with Gasteiger partial charge < -0.3 is 13.3 Å². The van der Waals surface area contributed by atoms with Gasteiger partial charge in [0.25, 0.3) is 11.9 Å². The molecule has 0 aromatic heterocycles. The number of carbonyl (C=O) groups is 2. The largest absolute Gasteiger partial charge is 0.619 e. The molecule has 0 saturated carbocycles. The van der Waals surface area contributed by atoms with E-state index < -0.39 is 9.53 Å². The number of thiocyanates is 1. The molecule has 0 rings (SSSR count). The van der Waals surface area contributed by atoms with Crippen molar-refractivity contribution >= 4 is 33.2 Å². The zero-order valence-electron chi connectivity index (χ0n) is 37.5. The summed E-state index contributed by atoms with van der Waals surface area (Å²) in [5.74, 6) is -0.652. The Morgan fingerprint density at radius 3 is 1.00 bits per heavy atom. The first kappa shape index (κ1) is 55.0. The molecule has 0 amide bonds. The maximum absolute atomic E-state index is 12.8. The van der Waals surface area contributed by atoms with Gasteiger partial charge in [-0.2, -0.15) is 5.26 Å². The molecule has 8 heteroatoms. The Balaban J connectivity index is 4.43. The number of carbonyl (C=O) groups excluding carboxylic acids is 2. The van der Waals surface area contributed by atoms with E-state index in [9.17, 15) is 14.9 Å². The molecular weight excluding hydrogens is 731 g/mol. The summed E-state index contributed by atoms with van der Waals surface area (Å²) in [7, 11) is -3.00. The average molecular weight is 824 g/mol. The number of nitriles is 1. The first-order chi connectivity index (χ1) is 27.6. The molecule has 1 atom stereocenters. The smallest absolute Gasteiger partial charge is 0.467 e. The normalized spacial score (nSPS) is 11.9. The Kier molecular flexibility index (Phi) is 45.8. The average Bonchev–Trinajstić information content (AvgIpc) is 3.19. The highest BCUT2D eigenvalue weighted by atomic mass is 32.2. The number of rotatable bonds is 46. The number of hydrogen-bond acceptors (Lipinski definition) is 7. The molecular formula is C48H93NO5SSi. The summed E-state index contributed by atoms with van der Waals surface area (Å²) in [6.07, 6.45) is 48.4. The van der Waals surface area contributed by atoms with Crippen LogP contribution >= 0.6 is 11.8 Å². The van der Waals surface area contributed by atoms with Crippen LogP contribution in [0.5, 0.6) is 0 Å². The Morgan fingerprint density at radius 2 is 0.714 bits per heavy atom. The summed E-state index contributed by atoms with van der Waals surface area (Å²) in [6, 6.07) is 0. The molecule has 56 heavy (non-hydrogen) atoms. The summed E-state index contributed by atoms with van der Waals surface area (Å²) < 4.78 is 17.5. The molecule has 1 unspecified atom stereocenters. The highest BCUT2D eigenvalue weighted by Gasteiger charge is 2.27. The molecule has 0 aliphatic rings. The van der Waals surface area contributed by atoms with Crippen molar-refractivity contribution in [2.45, 2.75) is 283 Å². The van der Waals surface area contributed by atoms with E-state index in [4.69, 9.17) is 13.3 Å². The Morgan fingerprint density at radius 1 is 0.446 bits per heavy atom. The third kappa shape index (κ3) is 42.6. The van der Waals surface area contributed by atoms with Crippen LogP contribution in [0.25, 0.3) is 0 Å². The van der Waals surface area contributed by atoms with E-state index in [2.05, 4.69) is 26.2 Å². The molecule has 0 aliphatic carbocycles. The minimum absolute atomic E-state index is 0.0193. The van der Waals surface area contributed by atoms with Gasteiger partial charge in [-0.1, -0.05) is 245 Å². The van der Waals surface area contributed by atoms with E-state index >= 15 is 0 Å². The maximum atomic E-state index is 12.8. The Hall–Kier alpha value is -1.04. The lowest BCUT2D eigenvalue weighted by Gasteiger charge is -2.19. The van der Waals surface area contributed by atoms with E-state index in [-0.39, 0.29) is 23.8 Å². The number of nitrogens with zero attached hydrogens (tertiary/aromatic N) is 1. The van der Waals surface area contributed by atoms with Crippen LogP contribution in [0.3, 0.4) is 0 Å². The van der Waals surface area contributed by atoms with Crippen molar-refractivity contribution in [1.82, 2.24) is 0 Å². The summed E-state index contributed by atoms with van der Waals surface area (Å²) in [4.78, 5) is 25.7. The van der Waals surface area contributed by atoms with Crippen LogP contribution in [0.2, 0.25) is 0 Å². The van der Waals surface area contributed by atoms with Gasteiger partial charge in [0.1, 0.15) is 5.40 Å². The van der Waals surface area contributed by atoms with Gasteiger partial charge in [0.05, 0.1) is 6.61 Å². The quantitative estimate of drug-likeness (QED) is 0.0343. The van der Waals surface area contributed by atoms with Crippen LogP contribution in [0.15, 0.2) is 0 Å². The SMILES string of the molecule is CCCCCCCCCCCCCCCCCC(=O)O[SiH](OCC(CCCCCCCCC)SC#N)OC(=O)CCCCCCCCCCCCCCCCC. The summed E-state index contributed by atoms with van der Waals surface area (Å²) in [5, 5.41) is 11.6. The highest BCUT2D eigenvalue weighted by Crippen LogP contribution is 2.20. The summed E-state index contributed by atoms with van der Waals surface area (Å²) in [6.45, 7) is 7.05. The van der Waals surface area contributed by atoms with E-state index in [1.54, 1.807) is 0 Å². The standard InChI is InChI=1S/C48H93NO5SSi/c1-4-7-10-13-16-18-20-22-24-26-28-30-33-36-39-42-47(50)53-56(52-44-46(55-45-49)41-38-35-32-15-12-9-6-3)54-48(51)43-40-37-34-31-29-27-25-23-21-19-17-14-11-8-5-2/h46,56H,4-44H2,1-3H3. The molecule has 0 aromatic carbocycles. The number of thioether (sulfide) groups is 1. The van der Waals surface area contributed by atoms with Crippen LogP contribution in [0.1, 0.15) is 278 Å². The lowest BCUT2D eigenvalue weighted by molar-refractivity contribution is -0.143. The van der Waals surface area contributed by atoms with Gasteiger partial charge in [-0.05, 0) is 31.0 Å². The van der Waals surface area contributed by atoms with Crippen LogP contribution in [-0.4, -0.2) is 33.3 Å². The topological polar surface area (TPSA) is 85.6 Å². The van der Waals surface area contributed by atoms with Gasteiger partial charge in [-0.25, -0.2) is 0 Å². The van der Waals surface area contributed by atoms with Crippen LogP contribution in [0, 0.1) is 10.7 Å². The van der Waals surface area contributed by atoms with Gasteiger partial charge in [-0.15, -0.1) is 0 Å². The molecule has 0 aromatic rings. The van der Waals surface area contributed by atoms with Crippen molar-refractivity contribution in [3.05, 3.63) is 0 Å². The fourth-order valence-electron chi connectivity index (χ4n) is 7.47. The van der Waals surface area contributed by atoms with E-state index in [0.29, 0.717) is 12.8 Å². The predicted molar refractivity (Wildman–Crippen MR) is 244 cm³/mol. The van der Waals surface area contributed by atoms with Crippen LogP contribution in [-0.2, 0) is 22.9 Å². The van der Waals surface area contributed by atoms with Crippen molar-refractivity contribution in [2.75, 3.05) is 6.61 Å². The highest BCUT2D eigenvalue weighted by molar-refractivity contribution is 8.04. The third-order valence-electron chi connectivity index (χ3n) is 11.2. The van der Waals surface area contributed by atoms with E-state index in [1.807, 2.05) is 0 Å². The van der Waals surface area contributed by atoms with Gasteiger partial charge in [0.15, 0.2) is 0 Å². The molecule has 0 aliphatic heterocycles. The fraction of sp³-hybridized carbons (Fsp3) is 0.938. The predicted octanol–water partition coefficient (Wildman–Crippen LogP) is 16.1. The van der Waals surface area contributed by atoms with Crippen LogP contribution in [0.4, 0.5) is 0 Å². The number of hydrogen-bond donors (Lipinski definition) is 0. The molecule has 0 bridgehead atoms. The van der Waals surface area contributed by atoms with Crippen molar-refractivity contribution in [3.8, 4) is 5.40 Å². The molecule has 0 N–H and O–H groups in total. The van der Waals surface area contributed by atoms with E-state index in [0.717, 1.165) is 57.8 Å². The van der Waals surface area contributed by atoms with Crippen LogP contribution < -0.4 is 0 Å². The fourth-order valence-corrected chi connectivity index (χ4v) is 9.43. The first-order valence-electron chi connectivity index (χ1n) is 24.6. The minimum Gasteiger partial charge on any atom is -0.467 e. The van der Waals surface area contributed by atoms with Crippen molar-refractivity contribution in [1.29, 1.82) is 5.26 Å². The second-order valence-electron chi connectivity index (χ2n) is 16.7. The van der Waals surface area contributed by atoms with Crippen molar-refractivity contribution in [3.63, 3.8) is 0 Å². The molecule has 0 fully saturated rings. The van der Waals surface area contributed by atoms with Crippen molar-refractivity contribution in [2.24, 2.45) is 0 Å². The molecule has 0 spiro atoms. The summed E-state index contributed by atoms with van der Waals surface area (Å²) >= 11 is 1.21. The molecule has 0 radical (unpaired) electrons. The molecule has 0 heterocycles. The van der Waals surface area contributed by atoms with Gasteiger partial charge in [-0.3, -0.25) is 9.59 Å². The van der Waals surface area contributed by atoms with Gasteiger partial charge >= 0.3 is 9.53 Å². The van der Waals surface area contributed by atoms with Crippen molar-refractivity contribution < 1.29 is 22.9 Å². The second-order valence-corrected chi connectivity index (χ2v) is 19.2. The summed E-state index contributed by atoms with van der Waals surface area (Å²) in [5.41, 5.74) is 0. The van der Waals surface area contributed by atoms with E-state index in [1.165, 1.54) is 198 Å². The zero-order chi connectivity index (χ0) is 40.8.